The standard InChI is InChI=1S/C28H45N3O5/c1-9-12-19(5)29-25(33)24(20-13-10-11-14-23(20)32)31(22-16-18(22)4)26(34)21(15-17(2)3)30-27(35)36-28(6,7)8/h10-11,13-14,17-19,21-22,24,32H,9,12,15-16H2,1-8H3,(H,29,33)(H,30,35). The number of phenolic OH excluding ortho intramolecular Hbond substituents is 1. The van der Waals surface area contributed by atoms with Crippen LogP contribution in [0, 0.1) is 11.8 Å². The number of hydrogen-bond acceptors (Lipinski definition) is 5. The van der Waals surface area contributed by atoms with Crippen molar-refractivity contribution in [3.8, 4) is 5.75 Å². The van der Waals surface area contributed by atoms with Gasteiger partial charge in [-0.15, -0.1) is 0 Å². The van der Waals surface area contributed by atoms with E-state index in [4.69, 9.17) is 4.74 Å². The molecule has 2 rings (SSSR count). The number of alkyl carbamates (subject to hydrolysis) is 1. The van der Waals surface area contributed by atoms with E-state index < -0.39 is 23.8 Å². The quantitative estimate of drug-likeness (QED) is 0.397. The molecular formula is C28H45N3O5. The molecule has 0 aliphatic heterocycles. The molecule has 0 heterocycles. The predicted octanol–water partition coefficient (Wildman–Crippen LogP) is 4.91. The minimum Gasteiger partial charge on any atom is -0.508 e. The smallest absolute Gasteiger partial charge is 0.408 e. The van der Waals surface area contributed by atoms with Crippen LogP contribution in [0.3, 0.4) is 0 Å². The number of carbonyl (C=O) groups excluding carboxylic acids is 3. The van der Waals surface area contributed by atoms with Crippen LogP contribution in [0.2, 0.25) is 0 Å². The van der Waals surface area contributed by atoms with Gasteiger partial charge in [-0.1, -0.05) is 52.3 Å². The third kappa shape index (κ3) is 8.42. The Balaban J connectivity index is 2.50. The van der Waals surface area contributed by atoms with Gasteiger partial charge in [0.05, 0.1) is 0 Å². The fourth-order valence-electron chi connectivity index (χ4n) is 4.46. The molecule has 8 nitrogen and oxygen atoms in total. The highest BCUT2D eigenvalue weighted by Crippen LogP contribution is 2.42. The summed E-state index contributed by atoms with van der Waals surface area (Å²) in [6, 6.07) is 4.47. The summed E-state index contributed by atoms with van der Waals surface area (Å²) in [6.07, 6.45) is 2.15. The summed E-state index contributed by atoms with van der Waals surface area (Å²) in [7, 11) is 0. The Kier molecular flexibility index (Phi) is 10.2. The third-order valence-corrected chi connectivity index (χ3v) is 6.24. The number of nitrogens with zero attached hydrogens (tertiary/aromatic N) is 1. The highest BCUT2D eigenvalue weighted by Gasteiger charge is 2.48. The van der Waals surface area contributed by atoms with Crippen molar-refractivity contribution < 1.29 is 24.2 Å². The number of benzene rings is 1. The number of rotatable bonds is 11. The summed E-state index contributed by atoms with van der Waals surface area (Å²) in [6.45, 7) is 15.2. The van der Waals surface area contributed by atoms with Gasteiger partial charge >= 0.3 is 6.09 Å². The van der Waals surface area contributed by atoms with E-state index in [1.54, 1.807) is 43.9 Å². The molecule has 36 heavy (non-hydrogen) atoms. The number of nitrogens with one attached hydrogen (secondary N) is 2. The number of aromatic hydroxyl groups is 1. The molecule has 202 valence electrons. The van der Waals surface area contributed by atoms with Crippen LogP contribution in [0.25, 0.3) is 0 Å². The molecule has 1 aliphatic rings. The molecule has 1 aliphatic carbocycles. The minimum atomic E-state index is -1.02. The fourth-order valence-corrected chi connectivity index (χ4v) is 4.46. The van der Waals surface area contributed by atoms with E-state index in [-0.39, 0.29) is 41.5 Å². The molecule has 1 saturated carbocycles. The van der Waals surface area contributed by atoms with E-state index in [9.17, 15) is 19.5 Å². The second kappa shape index (κ2) is 12.5. The Morgan fingerprint density at radius 3 is 2.25 bits per heavy atom. The van der Waals surface area contributed by atoms with Gasteiger partial charge in [0.25, 0.3) is 0 Å². The first kappa shape index (κ1) is 29.5. The predicted molar refractivity (Wildman–Crippen MR) is 140 cm³/mol. The summed E-state index contributed by atoms with van der Waals surface area (Å²) < 4.78 is 5.43. The number of carbonyl (C=O) groups is 3. The van der Waals surface area contributed by atoms with Crippen molar-refractivity contribution in [3.63, 3.8) is 0 Å². The van der Waals surface area contributed by atoms with Crippen LogP contribution in [-0.2, 0) is 14.3 Å². The maximum absolute atomic E-state index is 14.1. The topological polar surface area (TPSA) is 108 Å². The molecule has 0 spiro atoms. The molecule has 3 N–H and O–H groups in total. The second-order valence-corrected chi connectivity index (χ2v) is 11.5. The highest BCUT2D eigenvalue weighted by molar-refractivity contribution is 5.93. The lowest BCUT2D eigenvalue weighted by molar-refractivity contribution is -0.144. The van der Waals surface area contributed by atoms with Crippen LogP contribution in [-0.4, -0.2) is 51.6 Å². The molecule has 0 radical (unpaired) electrons. The van der Waals surface area contributed by atoms with Crippen molar-refractivity contribution in [1.82, 2.24) is 15.5 Å². The molecule has 0 bridgehead atoms. The van der Waals surface area contributed by atoms with Gasteiger partial charge in [-0.2, -0.15) is 0 Å². The molecule has 5 atom stereocenters. The van der Waals surface area contributed by atoms with Crippen LogP contribution in [0.1, 0.15) is 92.7 Å². The molecule has 5 unspecified atom stereocenters. The van der Waals surface area contributed by atoms with Crippen LogP contribution in [0.4, 0.5) is 4.79 Å². The average Bonchev–Trinajstić information content (AvgIpc) is 3.45. The minimum absolute atomic E-state index is 0.0487. The molecule has 3 amide bonds. The number of ether oxygens (including phenoxy) is 1. The van der Waals surface area contributed by atoms with Crippen molar-refractivity contribution in [3.05, 3.63) is 29.8 Å². The van der Waals surface area contributed by atoms with Gasteiger partial charge in [0.15, 0.2) is 0 Å². The third-order valence-electron chi connectivity index (χ3n) is 6.24. The van der Waals surface area contributed by atoms with Crippen LogP contribution in [0.15, 0.2) is 24.3 Å². The molecule has 1 aromatic rings. The van der Waals surface area contributed by atoms with Crippen molar-refractivity contribution >= 4 is 17.9 Å². The molecule has 0 aromatic heterocycles. The second-order valence-electron chi connectivity index (χ2n) is 11.5. The Labute approximate surface area is 216 Å². The summed E-state index contributed by atoms with van der Waals surface area (Å²) in [4.78, 5) is 42.1. The van der Waals surface area contributed by atoms with Gasteiger partial charge in [-0.05, 0) is 64.9 Å². The van der Waals surface area contributed by atoms with Gasteiger partial charge in [-0.3, -0.25) is 9.59 Å². The van der Waals surface area contributed by atoms with E-state index in [1.165, 1.54) is 6.07 Å². The van der Waals surface area contributed by atoms with Gasteiger partial charge in [0.2, 0.25) is 11.8 Å². The maximum atomic E-state index is 14.1. The maximum Gasteiger partial charge on any atom is 0.408 e. The van der Waals surface area contributed by atoms with Crippen LogP contribution < -0.4 is 10.6 Å². The summed E-state index contributed by atoms with van der Waals surface area (Å²) in [5.41, 5.74) is -0.347. The molecular weight excluding hydrogens is 458 g/mol. The Bertz CT molecular complexity index is 911. The van der Waals surface area contributed by atoms with E-state index in [0.717, 1.165) is 19.3 Å². The zero-order valence-electron chi connectivity index (χ0n) is 23.1. The van der Waals surface area contributed by atoms with Gasteiger partial charge in [-0.25, -0.2) is 4.79 Å². The van der Waals surface area contributed by atoms with Crippen molar-refractivity contribution in [2.45, 2.75) is 111 Å². The van der Waals surface area contributed by atoms with E-state index >= 15 is 0 Å². The van der Waals surface area contributed by atoms with E-state index in [1.807, 2.05) is 34.6 Å². The van der Waals surface area contributed by atoms with Crippen molar-refractivity contribution in [2.24, 2.45) is 11.8 Å². The van der Waals surface area contributed by atoms with Crippen molar-refractivity contribution in [2.75, 3.05) is 0 Å². The number of para-hydroxylation sites is 1. The van der Waals surface area contributed by atoms with Crippen LogP contribution >= 0.6 is 0 Å². The zero-order valence-corrected chi connectivity index (χ0v) is 23.1. The largest absolute Gasteiger partial charge is 0.508 e. The Morgan fingerprint density at radius 2 is 1.75 bits per heavy atom. The normalized spacial score (nSPS) is 19.7. The first-order valence-corrected chi connectivity index (χ1v) is 13.1. The number of amides is 3. The number of hydrogen-bond donors (Lipinski definition) is 3. The lowest BCUT2D eigenvalue weighted by Crippen LogP contribution is -2.55. The molecule has 1 fully saturated rings. The lowest BCUT2D eigenvalue weighted by Gasteiger charge is -2.36. The first-order valence-electron chi connectivity index (χ1n) is 13.1. The molecule has 1 aromatic carbocycles. The SMILES string of the molecule is CCCC(C)NC(=O)C(c1ccccc1O)N(C(=O)C(CC(C)C)NC(=O)OC(C)(C)C)C1CC1C. The summed E-state index contributed by atoms with van der Waals surface area (Å²) in [5.74, 6) is -0.438. The van der Waals surface area contributed by atoms with Crippen molar-refractivity contribution in [1.29, 1.82) is 0 Å². The van der Waals surface area contributed by atoms with Gasteiger partial charge in [0, 0.05) is 17.6 Å². The highest BCUT2D eigenvalue weighted by atomic mass is 16.6. The first-order chi connectivity index (χ1) is 16.7. The summed E-state index contributed by atoms with van der Waals surface area (Å²) in [5, 5.41) is 16.5. The Morgan fingerprint density at radius 1 is 1.14 bits per heavy atom. The summed E-state index contributed by atoms with van der Waals surface area (Å²) >= 11 is 0. The lowest BCUT2D eigenvalue weighted by atomic mass is 9.98. The van der Waals surface area contributed by atoms with E-state index in [0.29, 0.717) is 12.0 Å². The molecule has 0 saturated heterocycles. The monoisotopic (exact) mass is 503 g/mol. The molecule has 8 heteroatoms. The Hall–Kier alpha value is -2.77. The van der Waals surface area contributed by atoms with Crippen LogP contribution in [0.5, 0.6) is 5.75 Å². The van der Waals surface area contributed by atoms with E-state index in [2.05, 4.69) is 10.6 Å². The van der Waals surface area contributed by atoms with Gasteiger partial charge in [0.1, 0.15) is 23.4 Å². The average molecular weight is 504 g/mol. The fraction of sp³-hybridized carbons (Fsp3) is 0.679. The zero-order chi connectivity index (χ0) is 27.2. The van der Waals surface area contributed by atoms with Gasteiger partial charge < -0.3 is 25.4 Å². The number of phenols is 1.